The molecule has 0 amide bonds. The maximum atomic E-state index is 4.38. The molecular formula is C14H20N2. The zero-order chi connectivity index (χ0) is 11.4. The number of pyridine rings is 1. The van der Waals surface area contributed by atoms with E-state index < -0.39 is 0 Å². The second-order valence-electron chi connectivity index (χ2n) is 4.48. The van der Waals surface area contributed by atoms with Crippen molar-refractivity contribution in [3.63, 3.8) is 0 Å². The Bertz CT molecular complexity index is 365. The Morgan fingerprint density at radius 2 is 2.19 bits per heavy atom. The Labute approximate surface area is 97.8 Å². The fourth-order valence-corrected chi connectivity index (χ4v) is 2.34. The van der Waals surface area contributed by atoms with Crippen LogP contribution in [-0.2, 0) is 0 Å². The summed E-state index contributed by atoms with van der Waals surface area (Å²) in [7, 11) is 2.03. The van der Waals surface area contributed by atoms with Crippen molar-refractivity contribution < 1.29 is 0 Å². The van der Waals surface area contributed by atoms with E-state index in [0.29, 0.717) is 6.04 Å². The number of rotatable bonds is 3. The summed E-state index contributed by atoms with van der Waals surface area (Å²) in [6, 6.07) is 4.62. The first kappa shape index (κ1) is 11.3. The summed E-state index contributed by atoms with van der Waals surface area (Å²) < 4.78 is 0. The highest BCUT2D eigenvalue weighted by molar-refractivity contribution is 5.27. The molecule has 1 aromatic heterocycles. The Morgan fingerprint density at radius 1 is 1.31 bits per heavy atom. The third-order valence-corrected chi connectivity index (χ3v) is 3.25. The highest BCUT2D eigenvalue weighted by atomic mass is 14.9. The van der Waals surface area contributed by atoms with E-state index in [1.54, 1.807) is 0 Å². The molecule has 1 N–H and O–H groups in total. The number of hydrogen-bond acceptors (Lipinski definition) is 2. The summed E-state index contributed by atoms with van der Waals surface area (Å²) in [5.41, 5.74) is 3.89. The number of aryl methyl sites for hydroxylation is 1. The number of aromatic nitrogens is 1. The summed E-state index contributed by atoms with van der Waals surface area (Å²) in [5, 5.41) is 3.40. The first-order valence-electron chi connectivity index (χ1n) is 6.10. The van der Waals surface area contributed by atoms with Gasteiger partial charge in [-0.05, 0) is 51.3 Å². The Balaban J connectivity index is 2.21. The summed E-state index contributed by atoms with van der Waals surface area (Å²) >= 11 is 0. The average Bonchev–Trinajstić information content (AvgIpc) is 2.34. The van der Waals surface area contributed by atoms with Crippen LogP contribution in [0.4, 0.5) is 0 Å². The van der Waals surface area contributed by atoms with Crippen LogP contribution < -0.4 is 5.32 Å². The lowest BCUT2D eigenvalue weighted by molar-refractivity contribution is 0.591. The molecule has 0 aliphatic heterocycles. The first-order valence-corrected chi connectivity index (χ1v) is 6.10. The van der Waals surface area contributed by atoms with Crippen molar-refractivity contribution in [3.05, 3.63) is 41.2 Å². The van der Waals surface area contributed by atoms with E-state index in [1.807, 2.05) is 20.2 Å². The van der Waals surface area contributed by atoms with E-state index in [0.717, 1.165) is 5.69 Å². The van der Waals surface area contributed by atoms with E-state index in [9.17, 15) is 0 Å². The molecule has 0 saturated heterocycles. The third-order valence-electron chi connectivity index (χ3n) is 3.25. The van der Waals surface area contributed by atoms with E-state index in [2.05, 4.69) is 28.5 Å². The minimum absolute atomic E-state index is 0.355. The van der Waals surface area contributed by atoms with Gasteiger partial charge in [-0.1, -0.05) is 17.7 Å². The molecule has 16 heavy (non-hydrogen) atoms. The molecule has 1 aliphatic rings. The van der Waals surface area contributed by atoms with Gasteiger partial charge in [0.25, 0.3) is 0 Å². The highest BCUT2D eigenvalue weighted by Crippen LogP contribution is 2.29. The van der Waals surface area contributed by atoms with Crippen LogP contribution >= 0.6 is 0 Å². The van der Waals surface area contributed by atoms with Crippen LogP contribution in [-0.4, -0.2) is 12.0 Å². The highest BCUT2D eigenvalue weighted by Gasteiger charge is 2.16. The molecule has 2 heteroatoms. The van der Waals surface area contributed by atoms with Crippen LogP contribution in [0.15, 0.2) is 30.0 Å². The maximum absolute atomic E-state index is 4.38. The van der Waals surface area contributed by atoms with Gasteiger partial charge in [-0.3, -0.25) is 4.98 Å². The van der Waals surface area contributed by atoms with Gasteiger partial charge in [0.15, 0.2) is 0 Å². The minimum Gasteiger partial charge on any atom is -0.310 e. The fourth-order valence-electron chi connectivity index (χ4n) is 2.34. The van der Waals surface area contributed by atoms with Gasteiger partial charge in [0.1, 0.15) is 0 Å². The standard InChI is InChI=1S/C14H20N2/c1-11-8-9-13(10-16-11)14(15-2)12-6-4-3-5-7-12/h6,8-10,14-15H,3-5,7H2,1-2H3. The van der Waals surface area contributed by atoms with Gasteiger partial charge in [-0.15, -0.1) is 0 Å². The minimum atomic E-state index is 0.355. The molecule has 2 rings (SSSR count). The molecule has 0 spiro atoms. The molecule has 1 aromatic rings. The number of nitrogens with zero attached hydrogens (tertiary/aromatic N) is 1. The molecule has 1 unspecified atom stereocenters. The molecule has 0 radical (unpaired) electrons. The molecule has 2 nitrogen and oxygen atoms in total. The van der Waals surface area contributed by atoms with Gasteiger partial charge in [-0.2, -0.15) is 0 Å². The van der Waals surface area contributed by atoms with Crippen LogP contribution in [0, 0.1) is 6.92 Å². The molecule has 1 heterocycles. The summed E-state index contributed by atoms with van der Waals surface area (Å²) in [5.74, 6) is 0. The third kappa shape index (κ3) is 2.50. The smallest absolute Gasteiger partial charge is 0.0548 e. The molecule has 1 aliphatic carbocycles. The monoisotopic (exact) mass is 216 g/mol. The quantitative estimate of drug-likeness (QED) is 0.785. The zero-order valence-corrected chi connectivity index (χ0v) is 10.2. The Morgan fingerprint density at radius 3 is 2.75 bits per heavy atom. The largest absolute Gasteiger partial charge is 0.310 e. The van der Waals surface area contributed by atoms with Gasteiger partial charge in [0.05, 0.1) is 6.04 Å². The number of nitrogens with one attached hydrogen (secondary N) is 1. The van der Waals surface area contributed by atoms with Gasteiger partial charge < -0.3 is 5.32 Å². The van der Waals surface area contributed by atoms with E-state index in [-0.39, 0.29) is 0 Å². The second-order valence-corrected chi connectivity index (χ2v) is 4.48. The number of allylic oxidation sites excluding steroid dienone is 1. The van der Waals surface area contributed by atoms with Gasteiger partial charge in [-0.25, -0.2) is 0 Å². The zero-order valence-electron chi connectivity index (χ0n) is 10.2. The number of likely N-dealkylation sites (N-methyl/N-ethyl adjacent to an activating group) is 1. The van der Waals surface area contributed by atoms with Crippen molar-refractivity contribution in [3.8, 4) is 0 Å². The molecule has 0 saturated carbocycles. The maximum Gasteiger partial charge on any atom is 0.0548 e. The van der Waals surface area contributed by atoms with Crippen LogP contribution in [0.2, 0.25) is 0 Å². The SMILES string of the molecule is CNC(C1=CCCCC1)c1ccc(C)nc1. The van der Waals surface area contributed by atoms with E-state index >= 15 is 0 Å². The summed E-state index contributed by atoms with van der Waals surface area (Å²) in [6.45, 7) is 2.03. The molecule has 0 fully saturated rings. The Kier molecular flexibility index (Phi) is 3.73. The van der Waals surface area contributed by atoms with Crippen molar-refractivity contribution in [2.24, 2.45) is 0 Å². The first-order chi connectivity index (χ1) is 7.81. The molecular weight excluding hydrogens is 196 g/mol. The number of hydrogen-bond donors (Lipinski definition) is 1. The van der Waals surface area contributed by atoms with Gasteiger partial charge >= 0.3 is 0 Å². The van der Waals surface area contributed by atoms with Crippen molar-refractivity contribution in [1.82, 2.24) is 10.3 Å². The van der Waals surface area contributed by atoms with Crippen LogP contribution in [0.25, 0.3) is 0 Å². The van der Waals surface area contributed by atoms with Crippen molar-refractivity contribution in [1.29, 1.82) is 0 Å². The molecule has 0 bridgehead atoms. The summed E-state index contributed by atoms with van der Waals surface area (Å²) in [6.07, 6.45) is 9.50. The Hall–Kier alpha value is -1.15. The lowest BCUT2D eigenvalue weighted by Crippen LogP contribution is -2.20. The van der Waals surface area contributed by atoms with E-state index in [1.165, 1.54) is 36.8 Å². The van der Waals surface area contributed by atoms with Crippen molar-refractivity contribution in [2.75, 3.05) is 7.05 Å². The molecule has 1 atom stereocenters. The van der Waals surface area contributed by atoms with Crippen LogP contribution in [0.1, 0.15) is 43.0 Å². The molecule has 0 aromatic carbocycles. The van der Waals surface area contributed by atoms with Gasteiger partial charge in [0.2, 0.25) is 0 Å². The lowest BCUT2D eigenvalue weighted by Gasteiger charge is -2.23. The van der Waals surface area contributed by atoms with Crippen molar-refractivity contribution in [2.45, 2.75) is 38.6 Å². The topological polar surface area (TPSA) is 24.9 Å². The average molecular weight is 216 g/mol. The second kappa shape index (κ2) is 5.26. The molecule has 86 valence electrons. The van der Waals surface area contributed by atoms with Crippen LogP contribution in [0.3, 0.4) is 0 Å². The predicted octanol–water partition coefficient (Wildman–Crippen LogP) is 3.15. The predicted molar refractivity (Wildman–Crippen MR) is 67.3 cm³/mol. The normalized spacial score (nSPS) is 18.0. The van der Waals surface area contributed by atoms with Gasteiger partial charge in [0, 0.05) is 11.9 Å². The van der Waals surface area contributed by atoms with Crippen LogP contribution in [0.5, 0.6) is 0 Å². The summed E-state index contributed by atoms with van der Waals surface area (Å²) in [4.78, 5) is 4.38. The lowest BCUT2D eigenvalue weighted by atomic mass is 9.90. The van der Waals surface area contributed by atoms with E-state index in [4.69, 9.17) is 0 Å². The van der Waals surface area contributed by atoms with Crippen molar-refractivity contribution >= 4 is 0 Å². The fraction of sp³-hybridized carbons (Fsp3) is 0.500.